The monoisotopic (exact) mass is 248 g/mol. The summed E-state index contributed by atoms with van der Waals surface area (Å²) in [6, 6.07) is 17.2. The van der Waals surface area contributed by atoms with Crippen LogP contribution in [0.5, 0.6) is 0 Å². The van der Waals surface area contributed by atoms with Crippen molar-refractivity contribution in [2.45, 2.75) is 25.8 Å². The molecule has 0 atom stereocenters. The van der Waals surface area contributed by atoms with Crippen LogP contribution in [0, 0.1) is 18.3 Å². The lowest BCUT2D eigenvalue weighted by Crippen LogP contribution is -2.20. The van der Waals surface area contributed by atoms with Gasteiger partial charge in [0.15, 0.2) is 0 Å². The summed E-state index contributed by atoms with van der Waals surface area (Å²) in [6.45, 7) is 2.01. The molecule has 19 heavy (non-hydrogen) atoms. The van der Waals surface area contributed by atoms with Crippen molar-refractivity contribution in [1.82, 2.24) is 0 Å². The lowest BCUT2D eigenvalue weighted by molar-refractivity contribution is 0.774. The summed E-state index contributed by atoms with van der Waals surface area (Å²) < 4.78 is 0. The number of benzene rings is 2. The molecule has 3 rings (SSSR count). The fourth-order valence-corrected chi connectivity index (χ4v) is 2.76. The summed E-state index contributed by atoms with van der Waals surface area (Å²) in [7, 11) is 0. The van der Waals surface area contributed by atoms with E-state index < -0.39 is 0 Å². The van der Waals surface area contributed by atoms with Crippen LogP contribution in [0.25, 0.3) is 0 Å². The van der Waals surface area contributed by atoms with Crippen molar-refractivity contribution in [2.24, 2.45) is 0 Å². The minimum atomic E-state index is 0.396. The van der Waals surface area contributed by atoms with Crippen LogP contribution in [0.1, 0.15) is 22.3 Å². The van der Waals surface area contributed by atoms with Crippen molar-refractivity contribution in [1.29, 1.82) is 5.26 Å². The molecule has 1 N–H and O–H groups in total. The molecule has 2 nitrogen and oxygen atoms in total. The molecule has 0 aliphatic heterocycles. The maximum atomic E-state index is 9.20. The van der Waals surface area contributed by atoms with E-state index in [1.54, 1.807) is 0 Å². The van der Waals surface area contributed by atoms with Gasteiger partial charge in [0.25, 0.3) is 0 Å². The minimum Gasteiger partial charge on any atom is -0.381 e. The summed E-state index contributed by atoms with van der Waals surface area (Å²) in [5, 5.41) is 12.7. The Kier molecular flexibility index (Phi) is 2.97. The van der Waals surface area contributed by atoms with Gasteiger partial charge in [0.2, 0.25) is 0 Å². The fourth-order valence-electron chi connectivity index (χ4n) is 2.76. The number of rotatable bonds is 2. The standard InChI is InChI=1S/C17H16N2/c1-12-6-7-17(15(8-12)11-18)19-16-9-13-4-2-3-5-14(13)10-16/h2-8,16,19H,9-10H2,1H3. The highest BCUT2D eigenvalue weighted by Gasteiger charge is 2.21. The molecule has 2 aromatic rings. The van der Waals surface area contributed by atoms with Crippen LogP contribution in [-0.4, -0.2) is 6.04 Å². The molecule has 0 saturated heterocycles. The van der Waals surface area contributed by atoms with Gasteiger partial charge in [-0.15, -0.1) is 0 Å². The van der Waals surface area contributed by atoms with E-state index in [-0.39, 0.29) is 0 Å². The summed E-state index contributed by atoms with van der Waals surface area (Å²) in [4.78, 5) is 0. The van der Waals surface area contributed by atoms with Crippen LogP contribution >= 0.6 is 0 Å². The van der Waals surface area contributed by atoms with E-state index in [1.165, 1.54) is 11.1 Å². The molecule has 0 heterocycles. The number of nitrogens with one attached hydrogen (secondary N) is 1. The highest BCUT2D eigenvalue weighted by atomic mass is 14.9. The second-order valence-electron chi connectivity index (χ2n) is 5.18. The topological polar surface area (TPSA) is 35.8 Å². The van der Waals surface area contributed by atoms with Crippen molar-refractivity contribution in [3.05, 3.63) is 64.7 Å². The third-order valence-corrected chi connectivity index (χ3v) is 3.71. The molecule has 0 aromatic heterocycles. The SMILES string of the molecule is Cc1ccc(NC2Cc3ccccc3C2)c(C#N)c1. The van der Waals surface area contributed by atoms with Crippen LogP contribution in [0.3, 0.4) is 0 Å². The average Bonchev–Trinajstić information content (AvgIpc) is 2.83. The van der Waals surface area contributed by atoms with Gasteiger partial charge < -0.3 is 5.32 Å². The van der Waals surface area contributed by atoms with Gasteiger partial charge >= 0.3 is 0 Å². The Bertz CT molecular complexity index is 628. The number of aryl methyl sites for hydroxylation is 1. The Morgan fingerprint density at radius 1 is 1.11 bits per heavy atom. The maximum Gasteiger partial charge on any atom is 0.101 e. The zero-order valence-corrected chi connectivity index (χ0v) is 11.0. The third kappa shape index (κ3) is 2.32. The number of nitrogens with zero attached hydrogens (tertiary/aromatic N) is 1. The molecule has 0 saturated carbocycles. The van der Waals surface area contributed by atoms with E-state index in [4.69, 9.17) is 0 Å². The largest absolute Gasteiger partial charge is 0.381 e. The Morgan fingerprint density at radius 2 is 1.79 bits per heavy atom. The lowest BCUT2D eigenvalue weighted by atomic mass is 10.1. The van der Waals surface area contributed by atoms with E-state index >= 15 is 0 Å². The second kappa shape index (κ2) is 4.78. The summed E-state index contributed by atoms with van der Waals surface area (Å²) in [6.07, 6.45) is 2.07. The predicted octanol–water partition coefficient (Wildman–Crippen LogP) is 3.45. The summed E-state index contributed by atoms with van der Waals surface area (Å²) in [5.41, 5.74) is 5.65. The first-order chi connectivity index (χ1) is 9.26. The molecule has 2 aromatic carbocycles. The number of fused-ring (bicyclic) bond motifs is 1. The van der Waals surface area contributed by atoms with Gasteiger partial charge in [-0.1, -0.05) is 30.3 Å². The van der Waals surface area contributed by atoms with E-state index in [1.807, 2.05) is 25.1 Å². The van der Waals surface area contributed by atoms with Crippen molar-refractivity contribution in [3.63, 3.8) is 0 Å². The highest BCUT2D eigenvalue weighted by molar-refractivity contribution is 5.59. The number of hydrogen-bond acceptors (Lipinski definition) is 2. The summed E-state index contributed by atoms with van der Waals surface area (Å²) in [5.74, 6) is 0. The fraction of sp³-hybridized carbons (Fsp3) is 0.235. The van der Waals surface area contributed by atoms with Crippen molar-refractivity contribution in [3.8, 4) is 6.07 Å². The van der Waals surface area contributed by atoms with E-state index in [0.29, 0.717) is 6.04 Å². The van der Waals surface area contributed by atoms with Gasteiger partial charge in [0.1, 0.15) is 6.07 Å². The van der Waals surface area contributed by atoms with Crippen LogP contribution in [0.15, 0.2) is 42.5 Å². The molecule has 94 valence electrons. The molecule has 0 radical (unpaired) electrons. The van der Waals surface area contributed by atoms with E-state index in [2.05, 4.69) is 35.7 Å². The average molecular weight is 248 g/mol. The first-order valence-electron chi connectivity index (χ1n) is 6.60. The molecule has 0 amide bonds. The molecule has 0 spiro atoms. The van der Waals surface area contributed by atoms with Crippen LogP contribution in [0.4, 0.5) is 5.69 Å². The normalized spacial score (nSPS) is 13.9. The maximum absolute atomic E-state index is 9.20. The molecule has 0 bridgehead atoms. The molecular weight excluding hydrogens is 232 g/mol. The number of hydrogen-bond donors (Lipinski definition) is 1. The van der Waals surface area contributed by atoms with Gasteiger partial charge in [0.05, 0.1) is 11.3 Å². The van der Waals surface area contributed by atoms with E-state index in [9.17, 15) is 5.26 Å². The van der Waals surface area contributed by atoms with Crippen LogP contribution in [0.2, 0.25) is 0 Å². The number of anilines is 1. The Balaban J connectivity index is 1.80. The highest BCUT2D eigenvalue weighted by Crippen LogP contribution is 2.26. The molecule has 0 unspecified atom stereocenters. The quantitative estimate of drug-likeness (QED) is 0.883. The van der Waals surface area contributed by atoms with Crippen LogP contribution in [-0.2, 0) is 12.8 Å². The van der Waals surface area contributed by atoms with Gasteiger partial charge in [-0.2, -0.15) is 5.26 Å². The van der Waals surface area contributed by atoms with Gasteiger partial charge in [-0.05, 0) is 48.6 Å². The van der Waals surface area contributed by atoms with Gasteiger partial charge in [-0.25, -0.2) is 0 Å². The smallest absolute Gasteiger partial charge is 0.101 e. The van der Waals surface area contributed by atoms with Crippen molar-refractivity contribution < 1.29 is 0 Å². The van der Waals surface area contributed by atoms with Crippen molar-refractivity contribution in [2.75, 3.05) is 5.32 Å². The predicted molar refractivity (Wildman–Crippen MR) is 77.2 cm³/mol. The zero-order chi connectivity index (χ0) is 13.2. The molecule has 1 aliphatic rings. The molecule has 0 fully saturated rings. The lowest BCUT2D eigenvalue weighted by Gasteiger charge is -2.15. The Morgan fingerprint density at radius 3 is 2.42 bits per heavy atom. The van der Waals surface area contributed by atoms with Crippen LogP contribution < -0.4 is 5.32 Å². The first-order valence-corrected chi connectivity index (χ1v) is 6.60. The van der Waals surface area contributed by atoms with E-state index in [0.717, 1.165) is 29.7 Å². The van der Waals surface area contributed by atoms with Gasteiger partial charge in [-0.3, -0.25) is 0 Å². The first kappa shape index (κ1) is 11.8. The zero-order valence-electron chi connectivity index (χ0n) is 11.0. The summed E-state index contributed by atoms with van der Waals surface area (Å²) >= 11 is 0. The number of nitriles is 1. The van der Waals surface area contributed by atoms with Gasteiger partial charge in [0, 0.05) is 6.04 Å². The molecule has 2 heteroatoms. The Labute approximate surface area is 113 Å². The minimum absolute atomic E-state index is 0.396. The third-order valence-electron chi connectivity index (χ3n) is 3.71. The molecular formula is C17H16N2. The second-order valence-corrected chi connectivity index (χ2v) is 5.18. The Hall–Kier alpha value is -2.27. The molecule has 1 aliphatic carbocycles. The van der Waals surface area contributed by atoms with Crippen molar-refractivity contribution >= 4 is 5.69 Å².